The number of carbonyl (C=O) groups excluding carboxylic acids is 2. The molecule has 2 N–H and O–H groups in total. The van der Waals surface area contributed by atoms with Crippen molar-refractivity contribution < 1.29 is 9.59 Å². The van der Waals surface area contributed by atoms with Gasteiger partial charge >= 0.3 is 0 Å². The first kappa shape index (κ1) is 29.4. The van der Waals surface area contributed by atoms with Crippen LogP contribution < -0.4 is 10.6 Å². The quantitative estimate of drug-likeness (QED) is 0.0859. The Labute approximate surface area is 259 Å². The Bertz CT molecular complexity index is 1700. The first-order valence-corrected chi connectivity index (χ1v) is 16.1. The maximum absolute atomic E-state index is 14.2. The highest BCUT2D eigenvalue weighted by Gasteiger charge is 2.28. The van der Waals surface area contributed by atoms with Gasteiger partial charge in [0.25, 0.3) is 0 Å². The van der Waals surface area contributed by atoms with Gasteiger partial charge < -0.3 is 10.6 Å². The van der Waals surface area contributed by atoms with Gasteiger partial charge in [0.05, 0.1) is 11.4 Å². The molecule has 6 rings (SSSR count). The molecule has 0 bridgehead atoms. The molecule has 0 aliphatic rings. The number of carbonyl (C=O) groups is 2. The van der Waals surface area contributed by atoms with Crippen molar-refractivity contribution in [2.45, 2.75) is 58.3 Å². The molecule has 6 aromatic carbocycles. The molecule has 0 saturated carbocycles. The fourth-order valence-corrected chi connectivity index (χ4v) is 6.40. The minimum Gasteiger partial charge on any atom is -0.324 e. The standard InChI is InChI=1S/C40H40N2O2/c1-2-3-4-5-6-7-8-25-36(39(43)41-37-32-21-13-9-17-28(32)26-29-18-10-14-22-33(29)37)40(44)42-38-34-23-15-11-19-30(34)27-31-20-12-16-24-35(31)38/h9-24,26-27,36H,2-8,25H2,1H3,(H,41,43)(H,42,44). The molecular weight excluding hydrogens is 540 g/mol. The molecule has 4 nitrogen and oxygen atoms in total. The van der Waals surface area contributed by atoms with Gasteiger partial charge in [-0.2, -0.15) is 0 Å². The highest BCUT2D eigenvalue weighted by molar-refractivity contribution is 6.21. The average molecular weight is 581 g/mol. The van der Waals surface area contributed by atoms with E-state index in [1.165, 1.54) is 25.7 Å². The van der Waals surface area contributed by atoms with Crippen LogP contribution in [0.1, 0.15) is 58.3 Å². The maximum Gasteiger partial charge on any atom is 0.236 e. The number of rotatable bonds is 12. The molecule has 0 aromatic heterocycles. The van der Waals surface area contributed by atoms with Gasteiger partial charge in [0.15, 0.2) is 0 Å². The van der Waals surface area contributed by atoms with Crippen LogP contribution in [0.25, 0.3) is 43.1 Å². The van der Waals surface area contributed by atoms with Gasteiger partial charge in [0.1, 0.15) is 5.92 Å². The molecule has 4 heteroatoms. The lowest BCUT2D eigenvalue weighted by Crippen LogP contribution is -2.34. The van der Waals surface area contributed by atoms with Crippen LogP contribution in [0.15, 0.2) is 109 Å². The molecule has 0 fully saturated rings. The summed E-state index contributed by atoms with van der Waals surface area (Å²) in [5, 5.41) is 14.6. The normalized spacial score (nSPS) is 11.5. The molecule has 0 aliphatic heterocycles. The second-order valence-corrected chi connectivity index (χ2v) is 11.8. The Hall–Kier alpha value is -4.70. The number of hydrogen-bond donors (Lipinski definition) is 2. The summed E-state index contributed by atoms with van der Waals surface area (Å²) in [6, 6.07) is 36.7. The molecule has 0 saturated heterocycles. The minimum atomic E-state index is -0.832. The first-order valence-electron chi connectivity index (χ1n) is 16.1. The molecule has 0 atom stereocenters. The van der Waals surface area contributed by atoms with Crippen molar-refractivity contribution in [1.29, 1.82) is 0 Å². The smallest absolute Gasteiger partial charge is 0.236 e. The first-order chi connectivity index (χ1) is 21.6. The third kappa shape index (κ3) is 6.30. The summed E-state index contributed by atoms with van der Waals surface area (Å²) in [6.07, 6.45) is 8.36. The summed E-state index contributed by atoms with van der Waals surface area (Å²) < 4.78 is 0. The van der Waals surface area contributed by atoms with Crippen LogP contribution in [0.3, 0.4) is 0 Å². The lowest BCUT2D eigenvalue weighted by Gasteiger charge is -2.20. The van der Waals surface area contributed by atoms with Crippen LogP contribution in [-0.2, 0) is 9.59 Å². The van der Waals surface area contributed by atoms with Crippen molar-refractivity contribution in [3.8, 4) is 0 Å². The summed E-state index contributed by atoms with van der Waals surface area (Å²) >= 11 is 0. The van der Waals surface area contributed by atoms with Crippen molar-refractivity contribution >= 4 is 66.3 Å². The zero-order chi connectivity index (χ0) is 30.3. The summed E-state index contributed by atoms with van der Waals surface area (Å²) in [6.45, 7) is 2.22. The van der Waals surface area contributed by atoms with Crippen LogP contribution in [-0.4, -0.2) is 11.8 Å². The molecule has 0 heterocycles. The van der Waals surface area contributed by atoms with Gasteiger partial charge in [-0.1, -0.05) is 149 Å². The van der Waals surface area contributed by atoms with Crippen LogP contribution >= 0.6 is 0 Å². The largest absolute Gasteiger partial charge is 0.324 e. The van der Waals surface area contributed by atoms with Gasteiger partial charge in [-0.15, -0.1) is 0 Å². The van der Waals surface area contributed by atoms with E-state index in [9.17, 15) is 9.59 Å². The predicted molar refractivity (Wildman–Crippen MR) is 186 cm³/mol. The van der Waals surface area contributed by atoms with Crippen LogP contribution in [0.4, 0.5) is 11.4 Å². The molecule has 0 radical (unpaired) electrons. The topological polar surface area (TPSA) is 58.2 Å². The molecule has 44 heavy (non-hydrogen) atoms. The van der Waals surface area contributed by atoms with E-state index >= 15 is 0 Å². The summed E-state index contributed by atoms with van der Waals surface area (Å²) in [5.41, 5.74) is 1.52. The molecule has 0 spiro atoms. The number of benzene rings is 6. The van der Waals surface area contributed by atoms with Crippen LogP contribution in [0, 0.1) is 5.92 Å². The zero-order valence-corrected chi connectivity index (χ0v) is 25.4. The third-order valence-electron chi connectivity index (χ3n) is 8.77. The van der Waals surface area contributed by atoms with E-state index in [1.807, 2.05) is 72.8 Å². The van der Waals surface area contributed by atoms with E-state index in [0.717, 1.165) is 73.7 Å². The van der Waals surface area contributed by atoms with E-state index in [0.29, 0.717) is 6.42 Å². The van der Waals surface area contributed by atoms with Crippen molar-refractivity contribution in [3.63, 3.8) is 0 Å². The molecular formula is C40H40N2O2. The summed E-state index contributed by atoms with van der Waals surface area (Å²) in [7, 11) is 0. The average Bonchev–Trinajstić information content (AvgIpc) is 3.05. The Morgan fingerprint density at radius 3 is 1.23 bits per heavy atom. The van der Waals surface area contributed by atoms with E-state index < -0.39 is 5.92 Å². The Balaban J connectivity index is 1.33. The second-order valence-electron chi connectivity index (χ2n) is 11.8. The second kappa shape index (κ2) is 13.7. The van der Waals surface area contributed by atoms with E-state index in [2.05, 4.69) is 54.0 Å². The van der Waals surface area contributed by atoms with Crippen molar-refractivity contribution in [3.05, 3.63) is 109 Å². The van der Waals surface area contributed by atoms with Crippen LogP contribution in [0.5, 0.6) is 0 Å². The Morgan fingerprint density at radius 2 is 0.841 bits per heavy atom. The zero-order valence-electron chi connectivity index (χ0n) is 25.4. The van der Waals surface area contributed by atoms with E-state index in [1.54, 1.807) is 0 Å². The number of unbranched alkanes of at least 4 members (excludes halogenated alkanes) is 6. The number of fused-ring (bicyclic) bond motifs is 4. The Morgan fingerprint density at radius 1 is 0.500 bits per heavy atom. The maximum atomic E-state index is 14.2. The SMILES string of the molecule is CCCCCCCCCC(C(=O)Nc1c2ccccc2cc2ccccc12)C(=O)Nc1c2ccccc2cc2ccccc12. The summed E-state index contributed by atoms with van der Waals surface area (Å²) in [5.74, 6) is -1.36. The van der Waals surface area contributed by atoms with E-state index in [4.69, 9.17) is 0 Å². The monoisotopic (exact) mass is 580 g/mol. The van der Waals surface area contributed by atoms with Gasteiger partial charge in [-0.3, -0.25) is 9.59 Å². The summed E-state index contributed by atoms with van der Waals surface area (Å²) in [4.78, 5) is 28.4. The fraction of sp³-hybridized carbons (Fsp3) is 0.250. The molecule has 0 aliphatic carbocycles. The van der Waals surface area contributed by atoms with Crippen molar-refractivity contribution in [1.82, 2.24) is 0 Å². The van der Waals surface area contributed by atoms with Gasteiger partial charge in [-0.25, -0.2) is 0 Å². The highest BCUT2D eigenvalue weighted by atomic mass is 16.2. The Kier molecular flexibility index (Phi) is 9.17. The van der Waals surface area contributed by atoms with Crippen molar-refractivity contribution in [2.24, 2.45) is 5.92 Å². The molecule has 6 aromatic rings. The van der Waals surface area contributed by atoms with Crippen molar-refractivity contribution in [2.75, 3.05) is 10.6 Å². The van der Waals surface area contributed by atoms with Gasteiger partial charge in [0.2, 0.25) is 11.8 Å². The predicted octanol–water partition coefficient (Wildman–Crippen LogP) is 10.6. The highest BCUT2D eigenvalue weighted by Crippen LogP contribution is 2.35. The lowest BCUT2D eigenvalue weighted by atomic mass is 9.95. The fourth-order valence-electron chi connectivity index (χ4n) is 6.40. The van der Waals surface area contributed by atoms with Gasteiger partial charge in [-0.05, 0) is 40.1 Å². The number of anilines is 2. The third-order valence-corrected chi connectivity index (χ3v) is 8.77. The number of hydrogen-bond acceptors (Lipinski definition) is 2. The molecule has 0 unspecified atom stereocenters. The lowest BCUT2D eigenvalue weighted by molar-refractivity contribution is -0.129. The van der Waals surface area contributed by atoms with Crippen LogP contribution in [0.2, 0.25) is 0 Å². The molecule has 2 amide bonds. The number of nitrogens with one attached hydrogen (secondary N) is 2. The van der Waals surface area contributed by atoms with Gasteiger partial charge in [0, 0.05) is 21.5 Å². The minimum absolute atomic E-state index is 0.264. The number of amides is 2. The molecule has 222 valence electrons. The van der Waals surface area contributed by atoms with E-state index in [-0.39, 0.29) is 11.8 Å².